The van der Waals surface area contributed by atoms with Crippen molar-refractivity contribution in [3.63, 3.8) is 0 Å². The third-order valence-corrected chi connectivity index (χ3v) is 2.95. The molecule has 1 fully saturated rings. The first-order chi connectivity index (χ1) is 7.66. The molecule has 0 unspecified atom stereocenters. The standard InChI is InChI=1S/C11H15N3O2/c1-8-6-10(13-12-7-8)14-4-2-9(3-5-14)11(15)16/h6-7,9H,2-5H2,1H3,(H,15,16). The lowest BCUT2D eigenvalue weighted by Crippen LogP contribution is -2.36. The van der Waals surface area contributed by atoms with Crippen LogP contribution < -0.4 is 4.90 Å². The van der Waals surface area contributed by atoms with Gasteiger partial charge in [0.25, 0.3) is 0 Å². The van der Waals surface area contributed by atoms with Crippen LogP contribution in [0, 0.1) is 12.8 Å². The van der Waals surface area contributed by atoms with Gasteiger partial charge in [-0.1, -0.05) is 0 Å². The molecule has 1 aliphatic rings. The molecule has 1 aliphatic heterocycles. The summed E-state index contributed by atoms with van der Waals surface area (Å²) in [5.74, 6) is -0.0344. The van der Waals surface area contributed by atoms with E-state index in [0.29, 0.717) is 12.8 Å². The number of hydrogen-bond donors (Lipinski definition) is 1. The van der Waals surface area contributed by atoms with Crippen molar-refractivity contribution >= 4 is 11.8 Å². The van der Waals surface area contributed by atoms with Crippen molar-refractivity contribution in [2.45, 2.75) is 19.8 Å². The molecule has 0 aromatic carbocycles. The molecule has 2 heterocycles. The first kappa shape index (κ1) is 10.9. The Kier molecular flexibility index (Phi) is 3.03. The monoisotopic (exact) mass is 221 g/mol. The van der Waals surface area contributed by atoms with E-state index in [4.69, 9.17) is 5.11 Å². The van der Waals surface area contributed by atoms with Gasteiger partial charge >= 0.3 is 5.97 Å². The molecule has 2 rings (SSSR count). The average Bonchev–Trinajstić information content (AvgIpc) is 2.29. The van der Waals surface area contributed by atoms with Crippen LogP contribution in [0.25, 0.3) is 0 Å². The van der Waals surface area contributed by atoms with Crippen molar-refractivity contribution in [2.75, 3.05) is 18.0 Å². The average molecular weight is 221 g/mol. The third kappa shape index (κ3) is 2.29. The minimum atomic E-state index is -0.685. The van der Waals surface area contributed by atoms with E-state index in [2.05, 4.69) is 15.1 Å². The molecular formula is C11H15N3O2. The van der Waals surface area contributed by atoms with E-state index in [0.717, 1.165) is 24.5 Å². The van der Waals surface area contributed by atoms with Gasteiger partial charge in [-0.3, -0.25) is 4.79 Å². The normalized spacial score (nSPS) is 17.4. The maximum Gasteiger partial charge on any atom is 0.306 e. The SMILES string of the molecule is Cc1cnnc(N2CCC(C(=O)O)CC2)c1. The van der Waals surface area contributed by atoms with Gasteiger partial charge < -0.3 is 10.0 Å². The zero-order chi connectivity index (χ0) is 11.5. The number of piperidine rings is 1. The summed E-state index contributed by atoms with van der Waals surface area (Å²) >= 11 is 0. The summed E-state index contributed by atoms with van der Waals surface area (Å²) in [7, 11) is 0. The molecule has 1 N–H and O–H groups in total. The lowest BCUT2D eigenvalue weighted by molar-refractivity contribution is -0.142. The Bertz CT molecular complexity index is 387. The quantitative estimate of drug-likeness (QED) is 0.809. The number of carboxylic acid groups (broad SMARTS) is 1. The molecule has 16 heavy (non-hydrogen) atoms. The molecule has 1 aromatic rings. The Balaban J connectivity index is 2.01. The molecule has 1 aromatic heterocycles. The Labute approximate surface area is 94.1 Å². The Morgan fingerprint density at radius 1 is 1.50 bits per heavy atom. The number of hydrogen-bond acceptors (Lipinski definition) is 4. The summed E-state index contributed by atoms with van der Waals surface area (Å²) in [4.78, 5) is 12.9. The molecule has 0 saturated carbocycles. The number of carboxylic acids is 1. The van der Waals surface area contributed by atoms with Gasteiger partial charge in [-0.2, -0.15) is 5.10 Å². The van der Waals surface area contributed by atoms with Crippen LogP contribution in [0.2, 0.25) is 0 Å². The van der Waals surface area contributed by atoms with Gasteiger partial charge in [0.2, 0.25) is 0 Å². The molecule has 86 valence electrons. The minimum Gasteiger partial charge on any atom is -0.481 e. The molecule has 0 bridgehead atoms. The number of rotatable bonds is 2. The van der Waals surface area contributed by atoms with Crippen molar-refractivity contribution in [1.82, 2.24) is 10.2 Å². The number of anilines is 1. The summed E-state index contributed by atoms with van der Waals surface area (Å²) in [5, 5.41) is 16.9. The van der Waals surface area contributed by atoms with E-state index in [1.54, 1.807) is 6.20 Å². The van der Waals surface area contributed by atoms with Crippen molar-refractivity contribution in [2.24, 2.45) is 5.92 Å². The molecule has 0 atom stereocenters. The van der Waals surface area contributed by atoms with Gasteiger partial charge in [0, 0.05) is 13.1 Å². The van der Waals surface area contributed by atoms with E-state index < -0.39 is 5.97 Å². The van der Waals surface area contributed by atoms with Crippen LogP contribution >= 0.6 is 0 Å². The summed E-state index contributed by atoms with van der Waals surface area (Å²) < 4.78 is 0. The van der Waals surface area contributed by atoms with E-state index in [9.17, 15) is 4.79 Å². The topological polar surface area (TPSA) is 66.3 Å². The predicted molar refractivity (Wildman–Crippen MR) is 59.3 cm³/mol. The molecule has 0 amide bonds. The molecule has 1 saturated heterocycles. The van der Waals surface area contributed by atoms with E-state index in [-0.39, 0.29) is 5.92 Å². The van der Waals surface area contributed by atoms with Gasteiger partial charge in [0.1, 0.15) is 0 Å². The van der Waals surface area contributed by atoms with Gasteiger partial charge in [0.05, 0.1) is 12.1 Å². The highest BCUT2D eigenvalue weighted by atomic mass is 16.4. The van der Waals surface area contributed by atoms with Gasteiger partial charge in [0.15, 0.2) is 5.82 Å². The van der Waals surface area contributed by atoms with Crippen LogP contribution in [0.5, 0.6) is 0 Å². The second-order valence-corrected chi connectivity index (χ2v) is 4.19. The highest BCUT2D eigenvalue weighted by Crippen LogP contribution is 2.21. The summed E-state index contributed by atoms with van der Waals surface area (Å²) in [6, 6.07) is 1.98. The van der Waals surface area contributed by atoms with Crippen molar-refractivity contribution in [3.8, 4) is 0 Å². The van der Waals surface area contributed by atoms with Crippen molar-refractivity contribution in [3.05, 3.63) is 17.8 Å². The van der Waals surface area contributed by atoms with Crippen LogP contribution in [0.15, 0.2) is 12.3 Å². The number of aryl methyl sites for hydroxylation is 1. The molecular weight excluding hydrogens is 206 g/mol. The van der Waals surface area contributed by atoms with Gasteiger partial charge in [-0.05, 0) is 31.4 Å². The van der Waals surface area contributed by atoms with Crippen LogP contribution in [0.4, 0.5) is 5.82 Å². The molecule has 0 spiro atoms. The zero-order valence-electron chi connectivity index (χ0n) is 9.26. The highest BCUT2D eigenvalue weighted by Gasteiger charge is 2.25. The third-order valence-electron chi connectivity index (χ3n) is 2.95. The maximum absolute atomic E-state index is 10.8. The fraction of sp³-hybridized carbons (Fsp3) is 0.545. The second kappa shape index (κ2) is 4.47. The fourth-order valence-electron chi connectivity index (χ4n) is 1.96. The van der Waals surface area contributed by atoms with Gasteiger partial charge in [-0.15, -0.1) is 5.10 Å². The van der Waals surface area contributed by atoms with Crippen molar-refractivity contribution in [1.29, 1.82) is 0 Å². The zero-order valence-corrected chi connectivity index (χ0v) is 9.26. The fourth-order valence-corrected chi connectivity index (χ4v) is 1.96. The summed E-state index contributed by atoms with van der Waals surface area (Å²) in [6.07, 6.45) is 3.09. The summed E-state index contributed by atoms with van der Waals surface area (Å²) in [6.45, 7) is 3.46. The van der Waals surface area contributed by atoms with Crippen LogP contribution in [-0.4, -0.2) is 34.4 Å². The second-order valence-electron chi connectivity index (χ2n) is 4.19. The molecule has 0 aliphatic carbocycles. The van der Waals surface area contributed by atoms with E-state index in [1.165, 1.54) is 0 Å². The highest BCUT2D eigenvalue weighted by molar-refractivity contribution is 5.70. The Hall–Kier alpha value is -1.65. The van der Waals surface area contributed by atoms with Crippen LogP contribution in [0.1, 0.15) is 18.4 Å². The minimum absolute atomic E-state index is 0.200. The maximum atomic E-state index is 10.8. The molecule has 0 radical (unpaired) electrons. The molecule has 5 nitrogen and oxygen atoms in total. The molecule has 5 heteroatoms. The number of aliphatic carboxylic acids is 1. The smallest absolute Gasteiger partial charge is 0.306 e. The first-order valence-corrected chi connectivity index (χ1v) is 5.44. The van der Waals surface area contributed by atoms with Gasteiger partial charge in [-0.25, -0.2) is 0 Å². The van der Waals surface area contributed by atoms with Crippen molar-refractivity contribution < 1.29 is 9.90 Å². The largest absolute Gasteiger partial charge is 0.481 e. The number of nitrogens with zero attached hydrogens (tertiary/aromatic N) is 3. The number of aromatic nitrogens is 2. The lowest BCUT2D eigenvalue weighted by atomic mass is 9.97. The lowest BCUT2D eigenvalue weighted by Gasteiger charge is -2.30. The Morgan fingerprint density at radius 2 is 2.19 bits per heavy atom. The first-order valence-electron chi connectivity index (χ1n) is 5.44. The number of carbonyl (C=O) groups is 1. The Morgan fingerprint density at radius 3 is 2.75 bits per heavy atom. The van der Waals surface area contributed by atoms with Crippen LogP contribution in [-0.2, 0) is 4.79 Å². The van der Waals surface area contributed by atoms with E-state index in [1.807, 2.05) is 13.0 Å². The van der Waals surface area contributed by atoms with E-state index >= 15 is 0 Å². The summed E-state index contributed by atoms with van der Waals surface area (Å²) in [5.41, 5.74) is 1.07. The van der Waals surface area contributed by atoms with Crippen LogP contribution in [0.3, 0.4) is 0 Å². The predicted octanol–water partition coefficient (Wildman–Crippen LogP) is 1.09.